The molecule has 0 aliphatic carbocycles. The van der Waals surface area contributed by atoms with Gasteiger partial charge in [0.25, 0.3) is 5.91 Å². The van der Waals surface area contributed by atoms with E-state index in [0.717, 1.165) is 10.8 Å². The molecular formula is C22H22N2O3. The van der Waals surface area contributed by atoms with E-state index in [4.69, 9.17) is 4.74 Å². The molecule has 0 aromatic heterocycles. The minimum atomic E-state index is -0.248. The number of hydrogen-bond acceptors (Lipinski definition) is 3. The molecule has 0 aliphatic heterocycles. The third kappa shape index (κ3) is 5.07. The van der Waals surface area contributed by atoms with E-state index in [9.17, 15) is 9.59 Å². The third-order valence-corrected chi connectivity index (χ3v) is 4.05. The van der Waals surface area contributed by atoms with Gasteiger partial charge in [-0.05, 0) is 47.2 Å². The normalized spacial score (nSPS) is 10.6. The van der Waals surface area contributed by atoms with Crippen LogP contribution in [-0.4, -0.2) is 18.4 Å². The first-order chi connectivity index (χ1) is 13.0. The molecule has 2 amide bonds. The predicted octanol–water partition coefficient (Wildman–Crippen LogP) is 4.45. The minimum Gasteiger partial charge on any atom is -0.484 e. The SMILES string of the molecule is CC(C)C(=O)Nc1ccc(NC(=O)COc2ccc3ccccc3c2)cc1. The van der Waals surface area contributed by atoms with Crippen molar-refractivity contribution in [3.63, 3.8) is 0 Å². The van der Waals surface area contributed by atoms with Crippen molar-refractivity contribution in [2.45, 2.75) is 13.8 Å². The van der Waals surface area contributed by atoms with Crippen LogP contribution in [0, 0.1) is 5.92 Å². The Kier molecular flexibility index (Phi) is 5.71. The Morgan fingerprint density at radius 1 is 0.852 bits per heavy atom. The summed E-state index contributed by atoms with van der Waals surface area (Å²) in [6.45, 7) is 3.59. The topological polar surface area (TPSA) is 67.4 Å². The predicted molar refractivity (Wildman–Crippen MR) is 108 cm³/mol. The second-order valence-corrected chi connectivity index (χ2v) is 6.57. The minimum absolute atomic E-state index is 0.0458. The first kappa shape index (κ1) is 18.5. The summed E-state index contributed by atoms with van der Waals surface area (Å²) in [5.41, 5.74) is 1.34. The van der Waals surface area contributed by atoms with Gasteiger partial charge in [-0.2, -0.15) is 0 Å². The summed E-state index contributed by atoms with van der Waals surface area (Å²) in [6.07, 6.45) is 0. The smallest absolute Gasteiger partial charge is 0.262 e. The number of ether oxygens (including phenoxy) is 1. The Balaban J connectivity index is 1.53. The van der Waals surface area contributed by atoms with E-state index in [-0.39, 0.29) is 24.3 Å². The van der Waals surface area contributed by atoms with Gasteiger partial charge < -0.3 is 15.4 Å². The molecule has 0 fully saturated rings. The molecule has 0 saturated heterocycles. The molecule has 0 heterocycles. The summed E-state index contributed by atoms with van der Waals surface area (Å²) in [4.78, 5) is 23.8. The summed E-state index contributed by atoms with van der Waals surface area (Å²) in [5, 5.41) is 7.77. The summed E-state index contributed by atoms with van der Waals surface area (Å²) >= 11 is 0. The van der Waals surface area contributed by atoms with E-state index in [0.29, 0.717) is 17.1 Å². The summed E-state index contributed by atoms with van der Waals surface area (Å²) in [5.74, 6) is 0.268. The molecule has 0 unspecified atom stereocenters. The van der Waals surface area contributed by atoms with E-state index in [1.165, 1.54) is 0 Å². The Morgan fingerprint density at radius 2 is 1.48 bits per heavy atom. The molecule has 0 bridgehead atoms. The lowest BCUT2D eigenvalue weighted by Gasteiger charge is -2.10. The lowest BCUT2D eigenvalue weighted by atomic mass is 10.1. The summed E-state index contributed by atoms with van der Waals surface area (Å²) in [6, 6.07) is 20.7. The first-order valence-corrected chi connectivity index (χ1v) is 8.83. The third-order valence-electron chi connectivity index (χ3n) is 4.05. The number of anilines is 2. The van der Waals surface area contributed by atoms with Crippen LogP contribution in [0.2, 0.25) is 0 Å². The fraction of sp³-hybridized carbons (Fsp3) is 0.182. The molecule has 0 radical (unpaired) electrons. The molecule has 0 spiro atoms. The van der Waals surface area contributed by atoms with Crippen LogP contribution in [0.25, 0.3) is 10.8 Å². The maximum absolute atomic E-state index is 12.1. The molecule has 138 valence electrons. The Morgan fingerprint density at radius 3 is 2.15 bits per heavy atom. The maximum Gasteiger partial charge on any atom is 0.262 e. The molecule has 27 heavy (non-hydrogen) atoms. The van der Waals surface area contributed by atoms with Gasteiger partial charge in [-0.3, -0.25) is 9.59 Å². The fourth-order valence-electron chi connectivity index (χ4n) is 2.53. The van der Waals surface area contributed by atoms with Crippen molar-refractivity contribution < 1.29 is 14.3 Å². The Labute approximate surface area is 158 Å². The zero-order valence-corrected chi connectivity index (χ0v) is 15.4. The summed E-state index contributed by atoms with van der Waals surface area (Å²) in [7, 11) is 0. The zero-order valence-electron chi connectivity index (χ0n) is 15.4. The van der Waals surface area contributed by atoms with Crippen LogP contribution in [0.5, 0.6) is 5.75 Å². The van der Waals surface area contributed by atoms with Crippen molar-refractivity contribution in [2.75, 3.05) is 17.2 Å². The molecule has 5 heteroatoms. The van der Waals surface area contributed by atoms with Crippen LogP contribution < -0.4 is 15.4 Å². The van der Waals surface area contributed by atoms with Crippen molar-refractivity contribution in [1.29, 1.82) is 0 Å². The van der Waals surface area contributed by atoms with Crippen LogP contribution in [0.3, 0.4) is 0 Å². The molecule has 0 atom stereocenters. The highest BCUT2D eigenvalue weighted by molar-refractivity contribution is 5.94. The average molecular weight is 362 g/mol. The monoisotopic (exact) mass is 362 g/mol. The van der Waals surface area contributed by atoms with Gasteiger partial charge in [-0.25, -0.2) is 0 Å². The van der Waals surface area contributed by atoms with Crippen LogP contribution >= 0.6 is 0 Å². The van der Waals surface area contributed by atoms with Crippen molar-refractivity contribution in [3.05, 3.63) is 66.7 Å². The van der Waals surface area contributed by atoms with Gasteiger partial charge in [0.2, 0.25) is 5.91 Å². The highest BCUT2D eigenvalue weighted by atomic mass is 16.5. The first-order valence-electron chi connectivity index (χ1n) is 8.83. The summed E-state index contributed by atoms with van der Waals surface area (Å²) < 4.78 is 5.58. The second-order valence-electron chi connectivity index (χ2n) is 6.57. The molecule has 0 saturated carbocycles. The van der Waals surface area contributed by atoms with E-state index in [2.05, 4.69) is 10.6 Å². The quantitative estimate of drug-likeness (QED) is 0.681. The molecule has 3 rings (SSSR count). The van der Waals surface area contributed by atoms with Gasteiger partial charge >= 0.3 is 0 Å². The number of benzene rings is 3. The van der Waals surface area contributed by atoms with Crippen LogP contribution in [0.1, 0.15) is 13.8 Å². The van der Waals surface area contributed by atoms with Gasteiger partial charge in [0.15, 0.2) is 6.61 Å². The molecule has 5 nitrogen and oxygen atoms in total. The highest BCUT2D eigenvalue weighted by Crippen LogP contribution is 2.20. The number of rotatable bonds is 6. The van der Waals surface area contributed by atoms with Gasteiger partial charge in [-0.1, -0.05) is 44.2 Å². The number of carbonyl (C=O) groups excluding carboxylic acids is 2. The van der Waals surface area contributed by atoms with E-state index in [1.807, 2.05) is 56.3 Å². The van der Waals surface area contributed by atoms with Crippen molar-refractivity contribution in [2.24, 2.45) is 5.92 Å². The molecule has 3 aromatic carbocycles. The van der Waals surface area contributed by atoms with Gasteiger partial charge in [-0.15, -0.1) is 0 Å². The van der Waals surface area contributed by atoms with Crippen LogP contribution in [0.15, 0.2) is 66.7 Å². The highest BCUT2D eigenvalue weighted by Gasteiger charge is 2.08. The zero-order chi connectivity index (χ0) is 19.2. The fourth-order valence-corrected chi connectivity index (χ4v) is 2.53. The number of amides is 2. The van der Waals surface area contributed by atoms with E-state index >= 15 is 0 Å². The molecule has 2 N–H and O–H groups in total. The number of nitrogens with one attached hydrogen (secondary N) is 2. The maximum atomic E-state index is 12.1. The van der Waals surface area contributed by atoms with Gasteiger partial charge in [0, 0.05) is 17.3 Å². The molecule has 3 aromatic rings. The number of hydrogen-bond donors (Lipinski definition) is 2. The van der Waals surface area contributed by atoms with Crippen molar-refractivity contribution in [3.8, 4) is 5.75 Å². The van der Waals surface area contributed by atoms with Crippen LogP contribution in [0.4, 0.5) is 11.4 Å². The molecule has 0 aliphatic rings. The number of fused-ring (bicyclic) bond motifs is 1. The van der Waals surface area contributed by atoms with E-state index in [1.54, 1.807) is 24.3 Å². The second kappa shape index (κ2) is 8.36. The lowest BCUT2D eigenvalue weighted by molar-refractivity contribution is -0.119. The lowest BCUT2D eigenvalue weighted by Crippen LogP contribution is -2.20. The largest absolute Gasteiger partial charge is 0.484 e. The Bertz CT molecular complexity index is 949. The Hall–Kier alpha value is -3.34. The van der Waals surface area contributed by atoms with Crippen LogP contribution in [-0.2, 0) is 9.59 Å². The van der Waals surface area contributed by atoms with Crippen molar-refractivity contribution >= 4 is 34.0 Å². The average Bonchev–Trinajstić information content (AvgIpc) is 2.67. The van der Waals surface area contributed by atoms with E-state index < -0.39 is 0 Å². The van der Waals surface area contributed by atoms with Gasteiger partial charge in [0.05, 0.1) is 0 Å². The van der Waals surface area contributed by atoms with Gasteiger partial charge in [0.1, 0.15) is 5.75 Å². The molecular weight excluding hydrogens is 340 g/mol. The standard InChI is InChI=1S/C22H22N2O3/c1-15(2)22(26)24-19-10-8-18(9-11-19)23-21(25)14-27-20-12-7-16-5-3-4-6-17(16)13-20/h3-13,15H,14H2,1-2H3,(H,23,25)(H,24,26). The number of carbonyl (C=O) groups is 2. The van der Waals surface area contributed by atoms with Crippen molar-refractivity contribution in [1.82, 2.24) is 0 Å².